The first-order valence-electron chi connectivity index (χ1n) is 11.2. The third-order valence-electron chi connectivity index (χ3n) is 5.18. The number of aryl methyl sites for hydroxylation is 1. The quantitative estimate of drug-likeness (QED) is 0.185. The minimum atomic E-state index is -0.678. The number of ether oxygens (including phenoxy) is 2. The van der Waals surface area contributed by atoms with Crippen LogP contribution in [0.1, 0.15) is 21.0 Å². The third kappa shape index (κ3) is 6.55. The summed E-state index contributed by atoms with van der Waals surface area (Å²) in [5.74, 6) is 0.773. The molecular formula is C25H25FN6O4S. The highest BCUT2D eigenvalue weighted by Crippen LogP contribution is 2.29. The number of thiazole rings is 1. The molecule has 0 spiro atoms. The van der Waals surface area contributed by atoms with Crippen molar-refractivity contribution in [2.75, 3.05) is 24.3 Å². The number of benzene rings is 2. The van der Waals surface area contributed by atoms with E-state index in [0.717, 1.165) is 9.88 Å². The van der Waals surface area contributed by atoms with Gasteiger partial charge in [-0.2, -0.15) is 0 Å². The minimum absolute atomic E-state index is 0.0292. The van der Waals surface area contributed by atoms with E-state index in [9.17, 15) is 14.6 Å². The largest absolute Gasteiger partial charge is 0.488 e. The zero-order valence-electron chi connectivity index (χ0n) is 19.8. The molecule has 0 saturated heterocycles. The Hall–Kier alpha value is -4.13. The minimum Gasteiger partial charge on any atom is -0.488 e. The maximum absolute atomic E-state index is 14.2. The number of halogens is 1. The number of nitrogens with two attached hydrogens (primary N) is 1. The highest BCUT2D eigenvalue weighted by Gasteiger charge is 2.19. The van der Waals surface area contributed by atoms with Gasteiger partial charge in [0.1, 0.15) is 47.6 Å². The molecular weight excluding hydrogens is 499 g/mol. The van der Waals surface area contributed by atoms with E-state index in [1.807, 2.05) is 6.92 Å². The molecule has 0 radical (unpaired) electrons. The zero-order valence-corrected chi connectivity index (χ0v) is 20.6. The summed E-state index contributed by atoms with van der Waals surface area (Å²) in [4.78, 5) is 13.2. The molecule has 0 aliphatic heterocycles. The maximum atomic E-state index is 14.2. The van der Waals surface area contributed by atoms with Gasteiger partial charge in [0.25, 0.3) is 0 Å². The van der Waals surface area contributed by atoms with Gasteiger partial charge in [-0.1, -0.05) is 0 Å². The first-order valence-corrected chi connectivity index (χ1v) is 12.0. The van der Waals surface area contributed by atoms with Crippen LogP contribution < -0.4 is 20.5 Å². The van der Waals surface area contributed by atoms with Crippen LogP contribution in [-0.4, -0.2) is 50.1 Å². The highest BCUT2D eigenvalue weighted by atomic mass is 32.1. The number of nitrogens with zero attached hydrogens (tertiary/aromatic N) is 3. The lowest BCUT2D eigenvalue weighted by molar-refractivity contribution is 0.203. The van der Waals surface area contributed by atoms with Crippen molar-refractivity contribution in [2.45, 2.75) is 19.6 Å². The predicted molar refractivity (Wildman–Crippen MR) is 138 cm³/mol. The molecule has 10 nitrogen and oxygen atoms in total. The maximum Gasteiger partial charge on any atom is 0.141 e. The Morgan fingerprint density at radius 3 is 2.49 bits per heavy atom. The van der Waals surface area contributed by atoms with Crippen LogP contribution in [-0.2, 0) is 6.61 Å². The van der Waals surface area contributed by atoms with Gasteiger partial charge in [-0.25, -0.2) is 19.3 Å². The van der Waals surface area contributed by atoms with Gasteiger partial charge in [0.15, 0.2) is 0 Å². The summed E-state index contributed by atoms with van der Waals surface area (Å²) >= 11 is 1.51. The molecule has 0 aliphatic carbocycles. The van der Waals surface area contributed by atoms with Crippen LogP contribution in [0.5, 0.6) is 17.2 Å². The van der Waals surface area contributed by atoms with Gasteiger partial charge in [-0.05, 0) is 31.2 Å². The Bertz CT molecular complexity index is 1380. The van der Waals surface area contributed by atoms with Crippen LogP contribution in [0, 0.1) is 18.2 Å². The third-order valence-corrected chi connectivity index (χ3v) is 6.07. The van der Waals surface area contributed by atoms with Crippen molar-refractivity contribution in [1.82, 2.24) is 15.0 Å². The molecule has 0 atom stereocenters. The average Bonchev–Trinajstić information content (AvgIpc) is 3.31. The lowest BCUT2D eigenvalue weighted by Gasteiger charge is -2.18. The number of nitrogens with one attached hydrogen (secondary N) is 2. The Morgan fingerprint density at radius 2 is 1.81 bits per heavy atom. The summed E-state index contributed by atoms with van der Waals surface area (Å²) in [5, 5.41) is 31.2. The van der Waals surface area contributed by atoms with Gasteiger partial charge in [-0.3, -0.25) is 5.41 Å². The standard InChI is InChI=1S/C25H25FN6O4S/c1-14-29-9-21(37-14)12-35-19-6-16(26)7-20(8-19)36-18-4-2-15(3-5-18)23(27)22-24(28)30-13-31-25(22)32-17(10-33)11-34/h2-9,13,17,27,33-34H,10-12H2,1H3,(H3,28,30,31,32). The second kappa shape index (κ2) is 11.7. The van der Waals surface area contributed by atoms with Crippen molar-refractivity contribution in [3.05, 3.63) is 81.8 Å². The van der Waals surface area contributed by atoms with Crippen LogP contribution >= 0.6 is 11.3 Å². The fourth-order valence-electron chi connectivity index (χ4n) is 3.37. The smallest absolute Gasteiger partial charge is 0.141 e. The lowest BCUT2D eigenvalue weighted by Crippen LogP contribution is -2.29. The van der Waals surface area contributed by atoms with Crippen molar-refractivity contribution in [2.24, 2.45) is 0 Å². The summed E-state index contributed by atoms with van der Waals surface area (Å²) in [6.07, 6.45) is 2.95. The summed E-state index contributed by atoms with van der Waals surface area (Å²) in [6.45, 7) is 1.50. The van der Waals surface area contributed by atoms with E-state index in [4.69, 9.17) is 20.6 Å². The van der Waals surface area contributed by atoms with E-state index in [0.29, 0.717) is 17.1 Å². The van der Waals surface area contributed by atoms with Crippen LogP contribution in [0.4, 0.5) is 16.0 Å². The fraction of sp³-hybridized carbons (Fsp3) is 0.200. The van der Waals surface area contributed by atoms with Gasteiger partial charge < -0.3 is 30.7 Å². The SMILES string of the molecule is Cc1ncc(COc2cc(F)cc(Oc3ccc(C(=N)c4c(N)ncnc4NC(CO)CO)cc3)c2)s1. The second-order valence-electron chi connectivity index (χ2n) is 7.95. The summed E-state index contributed by atoms with van der Waals surface area (Å²) in [7, 11) is 0. The molecule has 2 aromatic carbocycles. The van der Waals surface area contributed by atoms with Gasteiger partial charge in [-0.15, -0.1) is 11.3 Å². The Balaban J connectivity index is 1.48. The van der Waals surface area contributed by atoms with Crippen LogP contribution in [0.25, 0.3) is 0 Å². The molecule has 12 heteroatoms. The van der Waals surface area contributed by atoms with Crippen molar-refractivity contribution < 1.29 is 24.1 Å². The first kappa shape index (κ1) is 25.9. The molecule has 0 fully saturated rings. The molecule has 37 heavy (non-hydrogen) atoms. The topological polar surface area (TPSA) is 159 Å². The van der Waals surface area contributed by atoms with Gasteiger partial charge in [0.05, 0.1) is 40.4 Å². The molecule has 0 saturated carbocycles. The van der Waals surface area contributed by atoms with Gasteiger partial charge in [0, 0.05) is 30.0 Å². The van der Waals surface area contributed by atoms with Gasteiger partial charge in [0.2, 0.25) is 0 Å². The molecule has 2 aromatic heterocycles. The number of hydrogen-bond donors (Lipinski definition) is 5. The highest BCUT2D eigenvalue weighted by molar-refractivity contribution is 7.11. The van der Waals surface area contributed by atoms with E-state index in [1.54, 1.807) is 36.5 Å². The van der Waals surface area contributed by atoms with Crippen molar-refractivity contribution in [1.29, 1.82) is 5.41 Å². The summed E-state index contributed by atoms with van der Waals surface area (Å²) < 4.78 is 25.7. The molecule has 0 unspecified atom stereocenters. The van der Waals surface area contributed by atoms with E-state index < -0.39 is 11.9 Å². The summed E-state index contributed by atoms with van der Waals surface area (Å²) in [6, 6.07) is 9.99. The average molecular weight is 525 g/mol. The lowest BCUT2D eigenvalue weighted by atomic mass is 10.0. The molecule has 4 rings (SSSR count). The van der Waals surface area contributed by atoms with Gasteiger partial charge >= 0.3 is 0 Å². The van der Waals surface area contributed by atoms with Crippen molar-refractivity contribution in [3.8, 4) is 17.2 Å². The summed E-state index contributed by atoms with van der Waals surface area (Å²) in [5.41, 5.74) is 6.76. The molecule has 4 aromatic rings. The monoisotopic (exact) mass is 524 g/mol. The number of hydrogen-bond acceptors (Lipinski definition) is 11. The number of aliphatic hydroxyl groups is 2. The molecule has 6 N–H and O–H groups in total. The van der Waals surface area contributed by atoms with Crippen LogP contribution in [0.2, 0.25) is 0 Å². The molecule has 0 bridgehead atoms. The van der Waals surface area contributed by atoms with Crippen molar-refractivity contribution >= 4 is 28.7 Å². The number of aromatic nitrogens is 3. The van der Waals surface area contributed by atoms with E-state index in [2.05, 4.69) is 20.3 Å². The number of aliphatic hydroxyl groups excluding tert-OH is 2. The zero-order chi connectivity index (χ0) is 26.4. The number of nitrogen functional groups attached to an aromatic ring is 1. The Kier molecular flexibility index (Phi) is 8.23. The van der Waals surface area contributed by atoms with E-state index in [1.165, 1.54) is 29.8 Å². The molecule has 192 valence electrons. The Labute approximate surface area is 216 Å². The van der Waals surface area contributed by atoms with Crippen LogP contribution in [0.3, 0.4) is 0 Å². The Morgan fingerprint density at radius 1 is 1.08 bits per heavy atom. The molecule has 0 aliphatic rings. The van der Waals surface area contributed by atoms with E-state index >= 15 is 0 Å². The van der Waals surface area contributed by atoms with E-state index in [-0.39, 0.29) is 48.5 Å². The fourth-order valence-corrected chi connectivity index (χ4v) is 4.08. The number of rotatable bonds is 11. The normalized spacial score (nSPS) is 10.9. The molecule has 0 amide bonds. The molecule has 2 heterocycles. The van der Waals surface area contributed by atoms with Crippen LogP contribution in [0.15, 0.2) is 55.0 Å². The first-order chi connectivity index (χ1) is 17.9. The van der Waals surface area contributed by atoms with Crippen molar-refractivity contribution in [3.63, 3.8) is 0 Å². The predicted octanol–water partition coefficient (Wildman–Crippen LogP) is 3.52. The second-order valence-corrected chi connectivity index (χ2v) is 9.27. The number of anilines is 2.